The summed E-state index contributed by atoms with van der Waals surface area (Å²) in [5.41, 5.74) is 2.09. The van der Waals surface area contributed by atoms with Crippen LogP contribution in [0, 0.1) is 0 Å². The Hall–Kier alpha value is -4.99. The van der Waals surface area contributed by atoms with Crippen LogP contribution in [0.1, 0.15) is 43.7 Å². The molecule has 2 aromatic carbocycles. The lowest BCUT2D eigenvalue weighted by molar-refractivity contribution is -0.160. The van der Waals surface area contributed by atoms with Crippen molar-refractivity contribution < 1.29 is 38.3 Å². The summed E-state index contributed by atoms with van der Waals surface area (Å²) in [6, 6.07) is 17.4. The number of esters is 2. The zero-order valence-electron chi connectivity index (χ0n) is 27.0. The van der Waals surface area contributed by atoms with Crippen LogP contribution in [0.4, 0.5) is 5.13 Å². The summed E-state index contributed by atoms with van der Waals surface area (Å²) in [6.45, 7) is 4.46. The summed E-state index contributed by atoms with van der Waals surface area (Å²) in [5, 5.41) is 9.83. The molecule has 1 saturated heterocycles. The third kappa shape index (κ3) is 8.59. The van der Waals surface area contributed by atoms with Crippen LogP contribution in [0.3, 0.4) is 0 Å². The topological polar surface area (TPSA) is 166 Å². The van der Waals surface area contributed by atoms with E-state index in [4.69, 9.17) is 25.9 Å². The number of anilines is 1. The van der Waals surface area contributed by atoms with Gasteiger partial charge in [-0.05, 0) is 43.5 Å². The van der Waals surface area contributed by atoms with Gasteiger partial charge in [0, 0.05) is 16.7 Å². The number of benzene rings is 2. The van der Waals surface area contributed by atoms with Crippen molar-refractivity contribution in [1.29, 1.82) is 0 Å². The van der Waals surface area contributed by atoms with Crippen molar-refractivity contribution in [3.8, 4) is 0 Å². The molecule has 3 aromatic rings. The molecule has 3 amide bonds. The number of carbonyl (C=O) groups excluding carboxylic acids is 5. The molecule has 2 atom stereocenters. The fraction of sp³-hybridized carbons (Fsp3) is 0.265. The molecule has 50 heavy (non-hydrogen) atoms. The SMILES string of the molecule is CC(C)(C)OC(=O)CO/N=C(\C(=O)NC1C(=O)N2C(C(=O)OC(c3ccccc3)c3ccccc3)=C(/C=C/Cl)CS[C@H]12)c1csc(NC=O)n1. The van der Waals surface area contributed by atoms with E-state index in [1.54, 1.807) is 20.8 Å². The predicted molar refractivity (Wildman–Crippen MR) is 188 cm³/mol. The third-order valence-corrected chi connectivity index (χ3v) is 9.28. The number of β-lactam (4-membered cyclic amide) rings is 1. The first-order valence-electron chi connectivity index (χ1n) is 15.1. The fourth-order valence-corrected chi connectivity index (χ4v) is 7.14. The summed E-state index contributed by atoms with van der Waals surface area (Å²) in [6.07, 6.45) is 1.18. The molecule has 0 saturated carbocycles. The lowest BCUT2D eigenvalue weighted by atomic mass is 10.0. The summed E-state index contributed by atoms with van der Waals surface area (Å²) < 4.78 is 11.3. The summed E-state index contributed by atoms with van der Waals surface area (Å²) in [5.74, 6) is -2.60. The Kier molecular flexibility index (Phi) is 11.7. The molecule has 0 bridgehead atoms. The van der Waals surface area contributed by atoms with Crippen molar-refractivity contribution in [2.45, 2.75) is 43.9 Å². The fourth-order valence-electron chi connectivity index (χ4n) is 5.02. The minimum atomic E-state index is -1.07. The van der Waals surface area contributed by atoms with E-state index in [1.165, 1.54) is 33.7 Å². The number of ether oxygens (including phenoxy) is 2. The minimum Gasteiger partial charge on any atom is -0.457 e. The number of carbonyl (C=O) groups is 5. The number of hydrogen-bond donors (Lipinski definition) is 2. The molecular weight excluding hydrogens is 706 g/mol. The number of rotatable bonds is 13. The summed E-state index contributed by atoms with van der Waals surface area (Å²) in [4.78, 5) is 75.0. The van der Waals surface area contributed by atoms with Crippen LogP contribution in [0.2, 0.25) is 0 Å². The van der Waals surface area contributed by atoms with Crippen LogP contribution in [-0.2, 0) is 38.3 Å². The first-order chi connectivity index (χ1) is 24.0. The number of thioether (sulfide) groups is 1. The molecule has 13 nitrogen and oxygen atoms in total. The molecule has 1 aromatic heterocycles. The molecular formula is C34H32ClN5O8S2. The second-order valence-corrected chi connectivity index (χ2v) is 13.9. The van der Waals surface area contributed by atoms with Gasteiger partial charge in [0.05, 0.1) is 0 Å². The van der Waals surface area contributed by atoms with Gasteiger partial charge in [-0.2, -0.15) is 0 Å². The molecule has 2 aliphatic rings. The Bertz CT molecular complexity index is 1800. The van der Waals surface area contributed by atoms with E-state index in [1.807, 2.05) is 60.7 Å². The summed E-state index contributed by atoms with van der Waals surface area (Å²) >= 11 is 8.26. The van der Waals surface area contributed by atoms with Gasteiger partial charge < -0.3 is 24.9 Å². The lowest BCUT2D eigenvalue weighted by Crippen LogP contribution is -2.71. The number of oxime groups is 1. The van der Waals surface area contributed by atoms with Gasteiger partial charge in [-0.1, -0.05) is 77.4 Å². The van der Waals surface area contributed by atoms with Gasteiger partial charge >= 0.3 is 11.9 Å². The smallest absolute Gasteiger partial charge is 0.356 e. The molecule has 0 aliphatic carbocycles. The van der Waals surface area contributed by atoms with E-state index in [2.05, 4.69) is 20.8 Å². The van der Waals surface area contributed by atoms with Crippen LogP contribution in [0.25, 0.3) is 0 Å². The van der Waals surface area contributed by atoms with Crippen LogP contribution in [0.5, 0.6) is 0 Å². The van der Waals surface area contributed by atoms with Crippen molar-refractivity contribution in [2.75, 3.05) is 17.7 Å². The number of nitrogens with one attached hydrogen (secondary N) is 2. The van der Waals surface area contributed by atoms with Gasteiger partial charge in [0.25, 0.3) is 11.8 Å². The highest BCUT2D eigenvalue weighted by atomic mass is 35.5. The number of nitrogens with zero attached hydrogens (tertiary/aromatic N) is 3. The van der Waals surface area contributed by atoms with E-state index in [9.17, 15) is 24.0 Å². The average Bonchev–Trinajstić information content (AvgIpc) is 3.56. The van der Waals surface area contributed by atoms with Crippen molar-refractivity contribution in [3.05, 3.63) is 106 Å². The standard InChI is InChI=1S/C34H32ClN5O8S2/c1-34(2,3)48-24(42)16-46-39-25(23-18-50-33(37-23)36-19-41)29(43)38-26-30(44)40-27(22(14-15-35)17-49-31(26)40)32(45)47-28(20-10-6-4-7-11-20)21-12-8-5-9-13-21/h4-15,18-19,26,28,31H,16-17H2,1-3H3,(H,38,43)(H,36,37,41)/b15-14+,39-25-/t26?,31-/m1/s1. The average molecular weight is 738 g/mol. The molecule has 1 unspecified atom stereocenters. The molecule has 3 heterocycles. The highest BCUT2D eigenvalue weighted by molar-refractivity contribution is 8.00. The highest BCUT2D eigenvalue weighted by Gasteiger charge is 2.54. The van der Waals surface area contributed by atoms with Gasteiger partial charge in [-0.3, -0.25) is 19.3 Å². The first-order valence-corrected chi connectivity index (χ1v) is 17.5. The number of hydrogen-bond acceptors (Lipinski definition) is 12. The highest BCUT2D eigenvalue weighted by Crippen LogP contribution is 2.42. The number of aromatic nitrogens is 1. The van der Waals surface area contributed by atoms with E-state index >= 15 is 0 Å². The molecule has 0 radical (unpaired) electrons. The first kappa shape index (κ1) is 36.3. The maximum atomic E-state index is 14.0. The van der Waals surface area contributed by atoms with Crippen LogP contribution in [-0.4, -0.2) is 75.1 Å². The largest absolute Gasteiger partial charge is 0.457 e. The van der Waals surface area contributed by atoms with Gasteiger partial charge in [-0.15, -0.1) is 23.1 Å². The van der Waals surface area contributed by atoms with Crippen LogP contribution in [0.15, 0.2) is 94.1 Å². The van der Waals surface area contributed by atoms with E-state index in [-0.39, 0.29) is 28.0 Å². The van der Waals surface area contributed by atoms with E-state index in [0.29, 0.717) is 12.0 Å². The van der Waals surface area contributed by atoms with Crippen molar-refractivity contribution in [2.24, 2.45) is 5.16 Å². The normalized spacial score (nSPS) is 17.6. The van der Waals surface area contributed by atoms with Gasteiger partial charge in [0.1, 0.15) is 28.4 Å². The molecule has 260 valence electrons. The van der Waals surface area contributed by atoms with Crippen molar-refractivity contribution in [3.63, 3.8) is 0 Å². The lowest BCUT2D eigenvalue weighted by Gasteiger charge is -2.49. The van der Waals surface area contributed by atoms with Crippen LogP contribution < -0.4 is 10.6 Å². The second kappa shape index (κ2) is 16.1. The van der Waals surface area contributed by atoms with E-state index in [0.717, 1.165) is 22.5 Å². The molecule has 1 fully saturated rings. The Morgan fingerprint density at radius 2 is 1.76 bits per heavy atom. The number of allylic oxidation sites excluding steroid dienone is 1. The number of amides is 3. The van der Waals surface area contributed by atoms with Crippen molar-refractivity contribution >= 4 is 75.7 Å². The van der Waals surface area contributed by atoms with Gasteiger partial charge in [0.15, 0.2) is 16.9 Å². The Labute approximate surface area is 300 Å². The van der Waals surface area contributed by atoms with Crippen LogP contribution >= 0.6 is 34.7 Å². The number of halogens is 1. The zero-order chi connectivity index (χ0) is 35.8. The molecule has 16 heteroatoms. The Morgan fingerprint density at radius 1 is 1.10 bits per heavy atom. The Morgan fingerprint density at radius 3 is 2.36 bits per heavy atom. The number of thiazole rings is 1. The van der Waals surface area contributed by atoms with Gasteiger partial charge in [-0.25, -0.2) is 14.6 Å². The van der Waals surface area contributed by atoms with Gasteiger partial charge in [0.2, 0.25) is 13.0 Å². The number of fused-ring (bicyclic) bond motifs is 1. The maximum absolute atomic E-state index is 14.0. The van der Waals surface area contributed by atoms with Crippen molar-refractivity contribution in [1.82, 2.24) is 15.2 Å². The minimum absolute atomic E-state index is 0.0108. The predicted octanol–water partition coefficient (Wildman–Crippen LogP) is 4.51. The summed E-state index contributed by atoms with van der Waals surface area (Å²) in [7, 11) is 0. The third-order valence-electron chi connectivity index (χ3n) is 7.07. The molecule has 0 spiro atoms. The molecule has 2 N–H and O–H groups in total. The second-order valence-electron chi connectivity index (χ2n) is 11.7. The quantitative estimate of drug-likeness (QED) is 0.0838. The molecule has 5 rings (SSSR count). The maximum Gasteiger partial charge on any atom is 0.356 e. The molecule has 2 aliphatic heterocycles. The zero-order valence-corrected chi connectivity index (χ0v) is 29.4. The monoisotopic (exact) mass is 737 g/mol. The van der Waals surface area contributed by atoms with E-state index < -0.39 is 53.5 Å². The Balaban J connectivity index is 1.37.